The van der Waals surface area contributed by atoms with Gasteiger partial charge in [0.05, 0.1) is 16.6 Å². The Morgan fingerprint density at radius 1 is 1.02 bits per heavy atom. The lowest BCUT2D eigenvalue weighted by atomic mass is 9.91. The van der Waals surface area contributed by atoms with Gasteiger partial charge in [-0.25, -0.2) is 9.97 Å². The van der Waals surface area contributed by atoms with Crippen LogP contribution in [-0.2, 0) is 24.3 Å². The van der Waals surface area contributed by atoms with Crippen molar-refractivity contribution in [2.75, 3.05) is 26.2 Å². The number of hydrogen-bond donors (Lipinski definition) is 1. The summed E-state index contributed by atoms with van der Waals surface area (Å²) in [6.45, 7) is 11.6. The van der Waals surface area contributed by atoms with Crippen molar-refractivity contribution in [2.45, 2.75) is 46.7 Å². The first-order chi connectivity index (χ1) is 21.3. The zero-order valence-corrected chi connectivity index (χ0v) is 26.8. The van der Waals surface area contributed by atoms with E-state index in [1.54, 1.807) is 0 Å². The maximum atomic E-state index is 11.4. The number of carboxylic acids is 1. The van der Waals surface area contributed by atoms with Crippen molar-refractivity contribution in [1.29, 1.82) is 0 Å². The average Bonchev–Trinajstić information content (AvgIpc) is 3.76. The van der Waals surface area contributed by atoms with Gasteiger partial charge in [0.1, 0.15) is 10.5 Å². The Labute approximate surface area is 266 Å². The predicted molar refractivity (Wildman–Crippen MR) is 176 cm³/mol. The van der Waals surface area contributed by atoms with Crippen molar-refractivity contribution < 1.29 is 14.3 Å². The highest BCUT2D eigenvalue weighted by atomic mass is 35.5. The van der Waals surface area contributed by atoms with Gasteiger partial charge >= 0.3 is 5.97 Å². The largest absolute Gasteiger partial charge is 0.481 e. The first-order valence-electron chi connectivity index (χ1n) is 15.2. The summed E-state index contributed by atoms with van der Waals surface area (Å²) in [6, 6.07) is 16.7. The quantitative estimate of drug-likeness (QED) is 0.197. The fourth-order valence-electron chi connectivity index (χ4n) is 6.64. The zero-order valence-electron chi connectivity index (χ0n) is 25.2. The molecule has 2 aromatic heterocycles. The van der Waals surface area contributed by atoms with E-state index in [0.717, 1.165) is 59.9 Å². The van der Waals surface area contributed by atoms with Gasteiger partial charge in [0, 0.05) is 48.6 Å². The molecule has 3 aromatic carbocycles. The highest BCUT2D eigenvalue weighted by molar-refractivity contribution is 7.15. The smallest absolute Gasteiger partial charge is 0.307 e. The lowest BCUT2D eigenvalue weighted by molar-refractivity contribution is -0.141. The molecule has 9 heteroatoms. The molecule has 1 atom stereocenters. The SMILES string of the molecule is CCN1CCc2nc(-c3cccc(-c4cccc(-c5nc6cc(CN7CCC(C(=O)O)C7)cc(Cl)c6o5)c4C)c3C)sc2C1. The summed E-state index contributed by atoms with van der Waals surface area (Å²) in [5.74, 6) is -0.509. The third kappa shape index (κ3) is 5.34. The van der Waals surface area contributed by atoms with E-state index in [1.165, 1.54) is 27.3 Å². The summed E-state index contributed by atoms with van der Waals surface area (Å²) in [7, 11) is 0. The van der Waals surface area contributed by atoms with Crippen LogP contribution >= 0.6 is 22.9 Å². The van der Waals surface area contributed by atoms with Crippen LogP contribution in [0.2, 0.25) is 5.02 Å². The second-order valence-corrected chi connectivity index (χ2v) is 13.5. The molecule has 5 aromatic rings. The summed E-state index contributed by atoms with van der Waals surface area (Å²) in [6.07, 6.45) is 1.68. The van der Waals surface area contributed by atoms with Gasteiger partial charge in [-0.2, -0.15) is 0 Å². The standard InChI is InChI=1S/C35H35ClN4O3S/c1-4-39-14-12-29-31(19-39)44-34(38-29)27-10-6-8-25(21(27)3)24-7-5-9-26(20(24)2)33-37-30-16-22(15-28(36)32(30)43-33)17-40-13-11-23(18-40)35(41)42/h5-10,15-16,23H,4,11-14,17-19H2,1-3H3,(H,41,42). The van der Waals surface area contributed by atoms with E-state index in [0.29, 0.717) is 41.5 Å². The summed E-state index contributed by atoms with van der Waals surface area (Å²) in [5.41, 5.74) is 10.2. The van der Waals surface area contributed by atoms with Crippen molar-refractivity contribution in [3.05, 3.63) is 80.8 Å². The molecule has 1 saturated heterocycles. The Balaban J connectivity index is 1.20. The number of carboxylic acid groups (broad SMARTS) is 1. The molecule has 0 spiro atoms. The Kier molecular flexibility index (Phi) is 7.79. The summed E-state index contributed by atoms with van der Waals surface area (Å²) in [4.78, 5) is 27.4. The Hall–Kier alpha value is -3.56. The molecule has 0 radical (unpaired) electrons. The van der Waals surface area contributed by atoms with Crippen LogP contribution in [0.4, 0.5) is 0 Å². The highest BCUT2D eigenvalue weighted by Crippen LogP contribution is 2.40. The molecule has 0 amide bonds. The van der Waals surface area contributed by atoms with Crippen LogP contribution in [0.25, 0.3) is 44.3 Å². The van der Waals surface area contributed by atoms with Crippen molar-refractivity contribution in [3.8, 4) is 33.2 Å². The Bertz CT molecular complexity index is 1900. The van der Waals surface area contributed by atoms with Crippen molar-refractivity contribution in [1.82, 2.24) is 19.8 Å². The van der Waals surface area contributed by atoms with Crippen molar-refractivity contribution in [2.24, 2.45) is 5.92 Å². The van der Waals surface area contributed by atoms with Gasteiger partial charge < -0.3 is 9.52 Å². The van der Waals surface area contributed by atoms with E-state index in [2.05, 4.69) is 60.9 Å². The number of benzene rings is 3. The first kappa shape index (κ1) is 29.2. The minimum absolute atomic E-state index is 0.314. The number of halogens is 1. The molecule has 226 valence electrons. The molecule has 0 bridgehead atoms. The lowest BCUT2D eigenvalue weighted by Gasteiger charge is -2.23. The van der Waals surface area contributed by atoms with E-state index in [1.807, 2.05) is 29.5 Å². The molecule has 2 aliphatic heterocycles. The fraction of sp³-hybridized carbons (Fsp3) is 0.343. The number of aromatic nitrogens is 2. The maximum absolute atomic E-state index is 11.4. The van der Waals surface area contributed by atoms with Gasteiger partial charge in [0.2, 0.25) is 5.89 Å². The third-order valence-corrected chi connectivity index (χ3v) is 10.6. The van der Waals surface area contributed by atoms with E-state index in [-0.39, 0.29) is 5.92 Å². The van der Waals surface area contributed by atoms with E-state index in [9.17, 15) is 9.90 Å². The number of likely N-dealkylation sites (N-methyl/N-ethyl adjacent to an activating group) is 1. The molecule has 4 heterocycles. The number of carbonyl (C=O) groups is 1. The Morgan fingerprint density at radius 3 is 2.48 bits per heavy atom. The minimum atomic E-state index is -0.730. The van der Waals surface area contributed by atoms with Crippen LogP contribution < -0.4 is 0 Å². The van der Waals surface area contributed by atoms with Gasteiger partial charge in [-0.05, 0) is 79.4 Å². The molecule has 2 aliphatic rings. The molecule has 1 unspecified atom stereocenters. The number of aliphatic carboxylic acids is 1. The van der Waals surface area contributed by atoms with Gasteiger partial charge in [-0.15, -0.1) is 11.3 Å². The molecule has 1 fully saturated rings. The number of nitrogens with zero attached hydrogens (tertiary/aromatic N) is 4. The number of hydrogen-bond acceptors (Lipinski definition) is 7. The summed E-state index contributed by atoms with van der Waals surface area (Å²) >= 11 is 8.52. The van der Waals surface area contributed by atoms with Gasteiger partial charge in [-0.3, -0.25) is 14.6 Å². The molecular formula is C35H35ClN4O3S. The molecule has 0 aliphatic carbocycles. The minimum Gasteiger partial charge on any atom is -0.481 e. The highest BCUT2D eigenvalue weighted by Gasteiger charge is 2.28. The number of rotatable bonds is 7. The predicted octanol–water partition coefficient (Wildman–Crippen LogP) is 7.84. The van der Waals surface area contributed by atoms with Crippen LogP contribution in [0.3, 0.4) is 0 Å². The zero-order chi connectivity index (χ0) is 30.5. The molecular weight excluding hydrogens is 592 g/mol. The van der Waals surface area contributed by atoms with Gasteiger partial charge in [0.25, 0.3) is 0 Å². The maximum Gasteiger partial charge on any atom is 0.307 e. The molecule has 0 saturated carbocycles. The fourth-order valence-corrected chi connectivity index (χ4v) is 8.15. The summed E-state index contributed by atoms with van der Waals surface area (Å²) in [5, 5.41) is 11.0. The lowest BCUT2D eigenvalue weighted by Crippen LogP contribution is -2.29. The van der Waals surface area contributed by atoms with Crippen LogP contribution in [0.15, 0.2) is 52.9 Å². The average molecular weight is 627 g/mol. The van der Waals surface area contributed by atoms with Crippen LogP contribution in [0.5, 0.6) is 0 Å². The number of thiazole rings is 1. The van der Waals surface area contributed by atoms with E-state index >= 15 is 0 Å². The second-order valence-electron chi connectivity index (χ2n) is 12.0. The van der Waals surface area contributed by atoms with Crippen molar-refractivity contribution in [3.63, 3.8) is 0 Å². The van der Waals surface area contributed by atoms with E-state index in [4.69, 9.17) is 26.0 Å². The molecule has 44 heavy (non-hydrogen) atoms. The number of likely N-dealkylation sites (tertiary alicyclic amines) is 1. The first-order valence-corrected chi connectivity index (χ1v) is 16.4. The van der Waals surface area contributed by atoms with Crippen LogP contribution in [-0.4, -0.2) is 57.0 Å². The Morgan fingerprint density at radius 2 is 1.75 bits per heavy atom. The second kappa shape index (κ2) is 11.7. The number of fused-ring (bicyclic) bond motifs is 2. The molecule has 1 N–H and O–H groups in total. The van der Waals surface area contributed by atoms with Crippen LogP contribution in [0, 0.1) is 19.8 Å². The topological polar surface area (TPSA) is 82.7 Å². The van der Waals surface area contributed by atoms with Crippen LogP contribution in [0.1, 0.15) is 40.6 Å². The van der Waals surface area contributed by atoms with E-state index < -0.39 is 5.97 Å². The molecule has 7 rings (SSSR count). The van der Waals surface area contributed by atoms with Gasteiger partial charge in [-0.1, -0.05) is 48.9 Å². The summed E-state index contributed by atoms with van der Waals surface area (Å²) < 4.78 is 6.27. The number of oxazole rings is 1. The normalized spacial score (nSPS) is 17.4. The van der Waals surface area contributed by atoms with Gasteiger partial charge in [0.15, 0.2) is 5.58 Å². The monoisotopic (exact) mass is 626 g/mol. The third-order valence-electron chi connectivity index (χ3n) is 9.21. The van der Waals surface area contributed by atoms with Crippen molar-refractivity contribution >= 4 is 40.0 Å². The molecule has 7 nitrogen and oxygen atoms in total.